The zero-order chi connectivity index (χ0) is 50.7. The van der Waals surface area contributed by atoms with E-state index in [2.05, 4.69) is 52.7 Å². The van der Waals surface area contributed by atoms with Crippen molar-refractivity contribution in [2.45, 2.75) is 69.9 Å². The highest BCUT2D eigenvalue weighted by molar-refractivity contribution is 6.23. The molecule has 23 heteroatoms. The van der Waals surface area contributed by atoms with Crippen molar-refractivity contribution in [1.29, 1.82) is 5.26 Å². The summed E-state index contributed by atoms with van der Waals surface area (Å²) < 4.78 is 65.5. The highest BCUT2D eigenvalue weighted by Gasteiger charge is 2.55. The first-order chi connectivity index (χ1) is 34.8. The number of rotatable bonds is 27. The normalized spacial score (nSPS) is 23.1. The van der Waals surface area contributed by atoms with Crippen LogP contribution in [0.1, 0.15) is 76.8 Å². The van der Waals surface area contributed by atoms with Crippen molar-refractivity contribution in [2.24, 2.45) is 23.2 Å². The quantitative estimate of drug-likeness (QED) is 0.0470. The second kappa shape index (κ2) is 23.8. The molecule has 5 fully saturated rings. The molecule has 6 N–H and O–H groups in total. The molecule has 2 aromatic carbocycles. The standard InChI is InChI=1S/C49H59F3N10O10/c50-49(51,52)72-39-4-2-1-3-31(39)26-57-47-58-27-34(25-53)43(61-47)59-29-48-22-30-19-32(23-48)42(33(20-30)24-48)55-10-12-69-14-16-71-18-17-70-15-13-68-11-9-54-41(64)28-56-35-5-6-36-37(21-35)46(67)62(45(36)66)38-7-8-40(63)60-44(38)65/h1-6,21,27,30,32-33,38,42,55-56H,7-20,22-24,26,28-29H2,(H,54,64)(H,60,63,65)(H2,57,58,59,61)/t30?,32-,33+,38?,42?,48?. The maximum Gasteiger partial charge on any atom is 0.573 e. The van der Waals surface area contributed by atoms with E-state index in [1.807, 2.05) is 0 Å². The molecule has 3 heterocycles. The largest absolute Gasteiger partial charge is 0.573 e. The number of hydrogen-bond donors (Lipinski definition) is 6. The molecule has 0 spiro atoms. The number of amides is 5. The molecule has 3 aromatic rings. The smallest absolute Gasteiger partial charge is 0.405 e. The van der Waals surface area contributed by atoms with Gasteiger partial charge in [0.15, 0.2) is 0 Å². The molecule has 4 bridgehead atoms. The lowest BCUT2D eigenvalue weighted by atomic mass is 9.48. The molecule has 9 rings (SSSR count). The second-order valence-electron chi connectivity index (χ2n) is 18.7. The van der Waals surface area contributed by atoms with Crippen LogP contribution in [0.3, 0.4) is 0 Å². The highest BCUT2D eigenvalue weighted by atomic mass is 19.4. The lowest BCUT2D eigenvalue weighted by Crippen LogP contribution is -2.60. The molecule has 6 atom stereocenters. The van der Waals surface area contributed by atoms with Gasteiger partial charge in [-0.15, -0.1) is 13.2 Å². The van der Waals surface area contributed by atoms with Gasteiger partial charge in [-0.25, -0.2) is 4.98 Å². The Labute approximate surface area is 413 Å². The number of ether oxygens (including phenoxy) is 5. The first-order valence-corrected chi connectivity index (χ1v) is 24.3. The number of hydrogen-bond acceptors (Lipinski definition) is 17. The summed E-state index contributed by atoms with van der Waals surface area (Å²) in [4.78, 5) is 71.7. The number of para-hydroxylation sites is 1. The molecule has 4 saturated carbocycles. The minimum atomic E-state index is -4.82. The van der Waals surface area contributed by atoms with E-state index in [9.17, 15) is 42.4 Å². The van der Waals surface area contributed by atoms with E-state index in [4.69, 9.17) is 18.9 Å². The predicted molar refractivity (Wildman–Crippen MR) is 251 cm³/mol. The van der Waals surface area contributed by atoms with Gasteiger partial charge in [0.25, 0.3) is 11.8 Å². The number of piperidine rings is 1. The summed E-state index contributed by atoms with van der Waals surface area (Å²) in [7, 11) is 0. The molecular formula is C49H59F3N10O10. The number of carbonyl (C=O) groups excluding carboxylic acids is 5. The Hall–Kier alpha value is -6.45. The first kappa shape index (κ1) is 51.9. The maximum atomic E-state index is 13.0. The molecule has 4 aliphatic carbocycles. The number of fused-ring (bicyclic) bond motifs is 1. The van der Waals surface area contributed by atoms with E-state index in [0.29, 0.717) is 93.7 Å². The summed E-state index contributed by atoms with van der Waals surface area (Å²) in [6.45, 7) is 4.84. The van der Waals surface area contributed by atoms with E-state index in [0.717, 1.165) is 30.7 Å². The molecule has 1 aromatic heterocycles. The van der Waals surface area contributed by atoms with Crippen molar-refractivity contribution < 1.29 is 60.8 Å². The molecule has 1 saturated heterocycles. The number of anilines is 3. The zero-order valence-electron chi connectivity index (χ0n) is 39.7. The number of nitrogens with one attached hydrogen (secondary N) is 6. The van der Waals surface area contributed by atoms with Crippen molar-refractivity contribution in [3.63, 3.8) is 0 Å². The minimum absolute atomic E-state index is 0.00906. The van der Waals surface area contributed by atoms with Crippen molar-refractivity contribution >= 4 is 47.0 Å². The average molecular weight is 1010 g/mol. The number of halogens is 3. The summed E-state index contributed by atoms with van der Waals surface area (Å²) in [5.74, 6) is -0.664. The zero-order valence-corrected chi connectivity index (χ0v) is 39.7. The molecule has 72 heavy (non-hydrogen) atoms. The molecular weight excluding hydrogens is 946 g/mol. The van der Waals surface area contributed by atoms with Crippen LogP contribution >= 0.6 is 0 Å². The van der Waals surface area contributed by atoms with E-state index < -0.39 is 36.0 Å². The summed E-state index contributed by atoms with van der Waals surface area (Å²) >= 11 is 0. The van der Waals surface area contributed by atoms with Crippen LogP contribution < -0.4 is 36.6 Å². The SMILES string of the molecule is N#Cc1cnc(NCc2ccccc2OC(F)(F)F)nc1NCC12CC3C[C@H](C1)C(NCCOCCOCCOCCOCCNC(=O)CNc1ccc4c(c1)C(=O)N(C1CCC(=O)NC1=O)C4=O)[C@@H](C3)C2. The van der Waals surface area contributed by atoms with Crippen LogP contribution in [0.2, 0.25) is 0 Å². The number of nitrogens with zero attached hydrogens (tertiary/aromatic N) is 4. The predicted octanol–water partition coefficient (Wildman–Crippen LogP) is 3.75. The van der Waals surface area contributed by atoms with E-state index in [1.54, 1.807) is 12.1 Å². The van der Waals surface area contributed by atoms with Gasteiger partial charge in [-0.2, -0.15) is 10.2 Å². The second-order valence-corrected chi connectivity index (χ2v) is 18.7. The third-order valence-electron chi connectivity index (χ3n) is 13.8. The van der Waals surface area contributed by atoms with Gasteiger partial charge in [0.1, 0.15) is 29.2 Å². The summed E-state index contributed by atoms with van der Waals surface area (Å²) in [5.41, 5.74) is 1.37. The number of alkyl halides is 3. The van der Waals surface area contributed by atoms with Gasteiger partial charge in [-0.05, 0) is 86.0 Å². The maximum absolute atomic E-state index is 13.0. The van der Waals surface area contributed by atoms with Crippen LogP contribution in [-0.2, 0) is 39.9 Å². The van der Waals surface area contributed by atoms with Gasteiger partial charge < -0.3 is 50.3 Å². The van der Waals surface area contributed by atoms with Crippen LogP contribution in [0.25, 0.3) is 0 Å². The van der Waals surface area contributed by atoms with Crippen molar-refractivity contribution in [3.05, 3.63) is 70.9 Å². The Morgan fingerprint density at radius 1 is 0.847 bits per heavy atom. The Morgan fingerprint density at radius 2 is 1.53 bits per heavy atom. The lowest BCUT2D eigenvalue weighted by Gasteiger charge is -2.60. The monoisotopic (exact) mass is 1000 g/mol. The molecule has 2 aliphatic heterocycles. The lowest BCUT2D eigenvalue weighted by molar-refractivity contribution is -0.274. The number of benzene rings is 2. The molecule has 6 aliphatic rings. The fourth-order valence-corrected chi connectivity index (χ4v) is 10.9. The fraction of sp³-hybridized carbons (Fsp3) is 0.551. The average Bonchev–Trinajstić information content (AvgIpc) is 3.59. The fourth-order valence-electron chi connectivity index (χ4n) is 10.9. The third kappa shape index (κ3) is 13.3. The topological polar surface area (TPSA) is 256 Å². The van der Waals surface area contributed by atoms with E-state index in [1.165, 1.54) is 49.4 Å². The summed E-state index contributed by atoms with van der Waals surface area (Å²) in [5, 5.41) is 27.8. The number of nitriles is 1. The van der Waals surface area contributed by atoms with Crippen LogP contribution in [-0.4, -0.2) is 142 Å². The van der Waals surface area contributed by atoms with Crippen molar-refractivity contribution in [2.75, 3.05) is 95.0 Å². The van der Waals surface area contributed by atoms with Gasteiger partial charge in [0.2, 0.25) is 23.7 Å². The van der Waals surface area contributed by atoms with E-state index >= 15 is 0 Å². The van der Waals surface area contributed by atoms with Crippen LogP contribution in [0.5, 0.6) is 5.75 Å². The van der Waals surface area contributed by atoms with Gasteiger partial charge in [0, 0.05) is 49.9 Å². The van der Waals surface area contributed by atoms with Crippen molar-refractivity contribution in [1.82, 2.24) is 30.8 Å². The summed E-state index contributed by atoms with van der Waals surface area (Å²) in [6.07, 6.45) is 2.31. The number of imide groups is 2. The molecule has 4 unspecified atom stereocenters. The van der Waals surface area contributed by atoms with Gasteiger partial charge >= 0.3 is 6.36 Å². The Bertz CT molecular complexity index is 2480. The van der Waals surface area contributed by atoms with Gasteiger partial charge in [-0.1, -0.05) is 18.2 Å². The van der Waals surface area contributed by atoms with Gasteiger partial charge in [-0.3, -0.25) is 34.2 Å². The van der Waals surface area contributed by atoms with Gasteiger partial charge in [0.05, 0.1) is 76.7 Å². The van der Waals surface area contributed by atoms with Crippen LogP contribution in [0.15, 0.2) is 48.7 Å². The van der Waals surface area contributed by atoms with Crippen LogP contribution in [0, 0.1) is 34.5 Å². The highest BCUT2D eigenvalue weighted by Crippen LogP contribution is 2.60. The Kier molecular flexibility index (Phi) is 17.2. The molecule has 5 amide bonds. The van der Waals surface area contributed by atoms with E-state index in [-0.39, 0.29) is 78.8 Å². The molecule has 0 radical (unpaired) electrons. The van der Waals surface area contributed by atoms with Crippen molar-refractivity contribution in [3.8, 4) is 11.8 Å². The minimum Gasteiger partial charge on any atom is -0.405 e. The molecule has 20 nitrogen and oxygen atoms in total. The number of aromatic nitrogens is 2. The van der Waals surface area contributed by atoms with Crippen LogP contribution in [0.4, 0.5) is 30.6 Å². The Morgan fingerprint density at radius 3 is 2.22 bits per heavy atom. The third-order valence-corrected chi connectivity index (χ3v) is 13.8. The summed E-state index contributed by atoms with van der Waals surface area (Å²) in [6, 6.07) is 11.9. The number of carbonyl (C=O) groups is 5. The Balaban J connectivity index is 0.630. The molecule has 386 valence electrons. The first-order valence-electron chi connectivity index (χ1n) is 24.3.